The van der Waals surface area contributed by atoms with Gasteiger partial charge in [-0.25, -0.2) is 4.99 Å². The summed E-state index contributed by atoms with van der Waals surface area (Å²) in [7, 11) is 0. The Labute approximate surface area is 166 Å². The number of aliphatic hydroxyl groups is 1. The molecule has 1 amide bonds. The van der Waals surface area contributed by atoms with E-state index in [-0.39, 0.29) is 12.5 Å². The summed E-state index contributed by atoms with van der Waals surface area (Å²) in [5, 5.41) is 19.7. The molecule has 0 aliphatic carbocycles. The molecule has 0 saturated carbocycles. The van der Waals surface area contributed by atoms with Gasteiger partial charge in [-0.15, -0.1) is 0 Å². The van der Waals surface area contributed by atoms with Crippen molar-refractivity contribution in [1.82, 2.24) is 16.0 Å². The first-order chi connectivity index (χ1) is 13.5. The van der Waals surface area contributed by atoms with Crippen LogP contribution in [0.25, 0.3) is 0 Å². The number of hydrogen-bond acceptors (Lipinski definition) is 4. The van der Waals surface area contributed by atoms with E-state index in [1.54, 1.807) is 25.1 Å². The number of carbonyl (C=O) groups excluding carboxylic acids is 1. The molecule has 152 valence electrons. The molecule has 2 aromatic rings. The van der Waals surface area contributed by atoms with Crippen molar-refractivity contribution in [2.45, 2.75) is 39.3 Å². The van der Waals surface area contributed by atoms with Gasteiger partial charge in [0.05, 0.1) is 19.4 Å². The summed E-state index contributed by atoms with van der Waals surface area (Å²) in [6.07, 6.45) is 2.43. The van der Waals surface area contributed by atoms with Gasteiger partial charge in [-0.3, -0.25) is 4.79 Å². The second-order valence-corrected chi connectivity index (χ2v) is 6.76. The van der Waals surface area contributed by atoms with Crippen molar-refractivity contribution in [3.05, 3.63) is 59.5 Å². The molecule has 0 saturated heterocycles. The van der Waals surface area contributed by atoms with Crippen LogP contribution in [-0.4, -0.2) is 36.6 Å². The first kappa shape index (κ1) is 21.5. The Morgan fingerprint density at radius 3 is 2.68 bits per heavy atom. The van der Waals surface area contributed by atoms with Crippen LogP contribution in [0.3, 0.4) is 0 Å². The lowest BCUT2D eigenvalue weighted by atomic mass is 10.0. The van der Waals surface area contributed by atoms with Gasteiger partial charge in [0.15, 0.2) is 5.96 Å². The number of furan rings is 1. The number of nitrogens with zero attached hydrogens (tertiary/aromatic N) is 1. The van der Waals surface area contributed by atoms with Gasteiger partial charge in [0.2, 0.25) is 0 Å². The van der Waals surface area contributed by atoms with Gasteiger partial charge in [-0.05, 0) is 50.1 Å². The molecule has 0 aliphatic heterocycles. The Morgan fingerprint density at radius 2 is 2.00 bits per heavy atom. The average molecular weight is 386 g/mol. The maximum Gasteiger partial charge on any atom is 0.251 e. The molecule has 0 fully saturated rings. The largest absolute Gasteiger partial charge is 0.466 e. The number of hydrogen-bond donors (Lipinski definition) is 4. The van der Waals surface area contributed by atoms with E-state index in [1.807, 2.05) is 32.0 Å². The van der Waals surface area contributed by atoms with Crippen LogP contribution in [0.5, 0.6) is 0 Å². The molecular weight excluding hydrogens is 356 g/mol. The summed E-state index contributed by atoms with van der Waals surface area (Å²) in [5.74, 6) is 0.990. The Balaban J connectivity index is 2.01. The molecular formula is C21H30N4O3. The van der Waals surface area contributed by atoms with Crippen molar-refractivity contribution in [3.63, 3.8) is 0 Å². The first-order valence-corrected chi connectivity index (χ1v) is 9.62. The molecule has 1 atom stereocenters. The molecule has 7 nitrogen and oxygen atoms in total. The number of nitrogens with one attached hydrogen (secondary N) is 3. The molecule has 0 spiro atoms. The third kappa shape index (κ3) is 6.42. The monoisotopic (exact) mass is 386 g/mol. The number of guanidine groups is 1. The summed E-state index contributed by atoms with van der Waals surface area (Å²) in [4.78, 5) is 16.7. The van der Waals surface area contributed by atoms with Gasteiger partial charge in [-0.2, -0.15) is 0 Å². The predicted octanol–water partition coefficient (Wildman–Crippen LogP) is 2.38. The molecule has 1 aromatic heterocycles. The van der Waals surface area contributed by atoms with Crippen molar-refractivity contribution in [2.24, 2.45) is 4.99 Å². The van der Waals surface area contributed by atoms with Crippen LogP contribution in [0, 0.1) is 0 Å². The number of rotatable bonds is 9. The van der Waals surface area contributed by atoms with E-state index in [2.05, 4.69) is 20.9 Å². The molecule has 1 heterocycles. The van der Waals surface area contributed by atoms with Gasteiger partial charge < -0.3 is 25.5 Å². The van der Waals surface area contributed by atoms with Gasteiger partial charge in [0.1, 0.15) is 11.4 Å². The summed E-state index contributed by atoms with van der Waals surface area (Å²) in [6, 6.07) is 10.9. The molecule has 0 bridgehead atoms. The highest BCUT2D eigenvalue weighted by atomic mass is 16.4. The van der Waals surface area contributed by atoms with Crippen LogP contribution in [-0.2, 0) is 12.1 Å². The Hall–Kier alpha value is -2.80. The maximum absolute atomic E-state index is 12.1. The van der Waals surface area contributed by atoms with E-state index in [4.69, 9.17) is 4.42 Å². The molecule has 0 radical (unpaired) electrons. The van der Waals surface area contributed by atoms with E-state index in [0.717, 1.165) is 12.0 Å². The Bertz CT molecular complexity index is 770. The van der Waals surface area contributed by atoms with Crippen LogP contribution in [0.15, 0.2) is 52.1 Å². The number of aliphatic imine (C=N–C) groups is 1. The topological polar surface area (TPSA) is 98.9 Å². The fourth-order valence-electron chi connectivity index (χ4n) is 2.59. The van der Waals surface area contributed by atoms with Crippen molar-refractivity contribution < 1.29 is 14.3 Å². The summed E-state index contributed by atoms with van der Waals surface area (Å²) < 4.78 is 5.30. The van der Waals surface area contributed by atoms with Gasteiger partial charge in [0.25, 0.3) is 5.91 Å². The minimum atomic E-state index is -1.16. The summed E-state index contributed by atoms with van der Waals surface area (Å²) in [6.45, 7) is 7.67. The van der Waals surface area contributed by atoms with E-state index in [1.165, 1.54) is 6.26 Å². The Kier molecular flexibility index (Phi) is 8.07. The SMILES string of the molecule is CCCNC(=O)c1cccc(CN=C(NCC)NCC(C)(O)c2ccco2)c1. The molecule has 2 rings (SSSR count). The number of amides is 1. The quantitative estimate of drug-likeness (QED) is 0.392. The highest BCUT2D eigenvalue weighted by Gasteiger charge is 2.26. The number of benzene rings is 1. The van der Waals surface area contributed by atoms with Crippen LogP contribution >= 0.6 is 0 Å². The minimum absolute atomic E-state index is 0.0767. The molecule has 7 heteroatoms. The summed E-state index contributed by atoms with van der Waals surface area (Å²) >= 11 is 0. The smallest absolute Gasteiger partial charge is 0.251 e. The number of carbonyl (C=O) groups is 1. The molecule has 0 aliphatic rings. The fourth-order valence-corrected chi connectivity index (χ4v) is 2.59. The molecule has 1 aromatic carbocycles. The van der Waals surface area contributed by atoms with E-state index in [0.29, 0.717) is 36.9 Å². The third-order valence-corrected chi connectivity index (χ3v) is 4.14. The lowest BCUT2D eigenvalue weighted by molar-refractivity contribution is 0.0386. The highest BCUT2D eigenvalue weighted by molar-refractivity contribution is 5.94. The van der Waals surface area contributed by atoms with Crippen LogP contribution in [0.1, 0.15) is 48.9 Å². The summed E-state index contributed by atoms with van der Waals surface area (Å²) in [5.41, 5.74) is 0.399. The van der Waals surface area contributed by atoms with Crippen molar-refractivity contribution in [2.75, 3.05) is 19.6 Å². The van der Waals surface area contributed by atoms with Crippen molar-refractivity contribution in [1.29, 1.82) is 0 Å². The lowest BCUT2D eigenvalue weighted by Gasteiger charge is -2.22. The van der Waals surface area contributed by atoms with E-state index < -0.39 is 5.60 Å². The zero-order valence-corrected chi connectivity index (χ0v) is 16.8. The minimum Gasteiger partial charge on any atom is -0.466 e. The Morgan fingerprint density at radius 1 is 1.18 bits per heavy atom. The van der Waals surface area contributed by atoms with Gasteiger partial charge in [-0.1, -0.05) is 19.1 Å². The average Bonchev–Trinajstić information content (AvgIpc) is 3.24. The fraction of sp³-hybridized carbons (Fsp3) is 0.429. The van der Waals surface area contributed by atoms with Crippen molar-refractivity contribution in [3.8, 4) is 0 Å². The lowest BCUT2D eigenvalue weighted by Crippen LogP contribution is -2.44. The zero-order chi connectivity index (χ0) is 20.4. The van der Waals surface area contributed by atoms with E-state index >= 15 is 0 Å². The zero-order valence-electron chi connectivity index (χ0n) is 16.8. The molecule has 1 unspecified atom stereocenters. The van der Waals surface area contributed by atoms with Gasteiger partial charge >= 0.3 is 0 Å². The maximum atomic E-state index is 12.1. The second kappa shape index (κ2) is 10.5. The van der Waals surface area contributed by atoms with Crippen LogP contribution < -0.4 is 16.0 Å². The normalized spacial score (nSPS) is 13.6. The van der Waals surface area contributed by atoms with E-state index in [9.17, 15) is 9.90 Å². The highest BCUT2D eigenvalue weighted by Crippen LogP contribution is 2.19. The third-order valence-electron chi connectivity index (χ3n) is 4.14. The molecule has 28 heavy (non-hydrogen) atoms. The second-order valence-electron chi connectivity index (χ2n) is 6.76. The van der Waals surface area contributed by atoms with Crippen LogP contribution in [0.4, 0.5) is 0 Å². The molecule has 4 N–H and O–H groups in total. The van der Waals surface area contributed by atoms with Crippen molar-refractivity contribution >= 4 is 11.9 Å². The van der Waals surface area contributed by atoms with Gasteiger partial charge in [0, 0.05) is 18.7 Å². The first-order valence-electron chi connectivity index (χ1n) is 9.62. The predicted molar refractivity (Wildman–Crippen MR) is 110 cm³/mol. The van der Waals surface area contributed by atoms with Crippen LogP contribution in [0.2, 0.25) is 0 Å². The standard InChI is InChI=1S/C21H30N4O3/c1-4-11-23-19(26)17-9-6-8-16(13-17)14-24-20(22-5-2)25-15-21(3,27)18-10-7-12-28-18/h6-10,12-13,27H,4-5,11,14-15H2,1-3H3,(H,23,26)(H2,22,24,25).